The summed E-state index contributed by atoms with van der Waals surface area (Å²) >= 11 is 0. The van der Waals surface area contributed by atoms with Crippen LogP contribution in [0.15, 0.2) is 0 Å². The quantitative estimate of drug-likeness (QED) is 0.638. The van der Waals surface area contributed by atoms with Gasteiger partial charge in [0.2, 0.25) is 0 Å². The number of piperidine rings is 1. The number of hydrogen-bond donors (Lipinski definition) is 1. The van der Waals surface area contributed by atoms with Crippen molar-refractivity contribution in [2.24, 2.45) is 0 Å². The fourth-order valence-electron chi connectivity index (χ4n) is 3.74. The molecule has 21 heavy (non-hydrogen) atoms. The van der Waals surface area contributed by atoms with Crippen LogP contribution in [0.25, 0.3) is 0 Å². The van der Waals surface area contributed by atoms with Crippen molar-refractivity contribution in [2.45, 2.75) is 52.1 Å². The highest BCUT2D eigenvalue weighted by atomic mass is 16.6. The Morgan fingerprint density at radius 2 is 1.76 bits per heavy atom. The summed E-state index contributed by atoms with van der Waals surface area (Å²) in [6.45, 7) is 7.60. The summed E-state index contributed by atoms with van der Waals surface area (Å²) in [5.41, 5.74) is 3.67. The molecule has 0 amide bonds. The van der Waals surface area contributed by atoms with Gasteiger partial charge in [0, 0.05) is 22.3 Å². The van der Waals surface area contributed by atoms with E-state index < -0.39 is 0 Å². The maximum absolute atomic E-state index is 11.3. The molecular formula is C16H22N2O3. The number of hydrogen-bond acceptors (Lipinski definition) is 4. The van der Waals surface area contributed by atoms with Crippen LogP contribution in [0, 0.1) is 30.9 Å². The number of nitro benzene ring substituents is 1. The van der Waals surface area contributed by atoms with Crippen molar-refractivity contribution in [1.82, 2.24) is 5.32 Å². The van der Waals surface area contributed by atoms with Crippen molar-refractivity contribution in [2.75, 3.05) is 13.1 Å². The van der Waals surface area contributed by atoms with Crippen LogP contribution in [0.3, 0.4) is 0 Å². The van der Waals surface area contributed by atoms with Crippen molar-refractivity contribution < 1.29 is 9.66 Å². The van der Waals surface area contributed by atoms with E-state index in [9.17, 15) is 10.1 Å². The molecule has 0 aliphatic carbocycles. The van der Waals surface area contributed by atoms with E-state index in [0.29, 0.717) is 0 Å². The zero-order valence-electron chi connectivity index (χ0n) is 12.9. The second-order valence-electron chi connectivity index (χ2n) is 6.32. The number of rotatable bonds is 1. The fraction of sp³-hybridized carbons (Fsp3) is 0.625. The van der Waals surface area contributed by atoms with Gasteiger partial charge in [0.1, 0.15) is 11.4 Å². The van der Waals surface area contributed by atoms with Gasteiger partial charge in [-0.25, -0.2) is 0 Å². The third-order valence-corrected chi connectivity index (χ3v) is 5.19. The highest BCUT2D eigenvalue weighted by Crippen LogP contribution is 2.45. The molecule has 1 N–H and O–H groups in total. The average Bonchev–Trinajstić information content (AvgIpc) is 2.45. The number of nitro groups is 1. The Hall–Kier alpha value is -1.62. The van der Waals surface area contributed by atoms with Crippen LogP contribution in [-0.4, -0.2) is 23.6 Å². The predicted octanol–water partition coefficient (Wildman–Crippen LogP) is 2.97. The Bertz CT molecular complexity index is 604. The minimum Gasteiger partial charge on any atom is -0.487 e. The first-order chi connectivity index (χ1) is 9.95. The topological polar surface area (TPSA) is 64.4 Å². The lowest BCUT2D eigenvalue weighted by Gasteiger charge is -2.42. The predicted molar refractivity (Wildman–Crippen MR) is 81.1 cm³/mol. The van der Waals surface area contributed by atoms with Gasteiger partial charge in [-0.3, -0.25) is 10.1 Å². The summed E-state index contributed by atoms with van der Waals surface area (Å²) < 4.78 is 6.42. The van der Waals surface area contributed by atoms with E-state index in [-0.39, 0.29) is 16.2 Å². The Morgan fingerprint density at radius 3 is 2.38 bits per heavy atom. The van der Waals surface area contributed by atoms with E-state index in [0.717, 1.165) is 66.8 Å². The number of ether oxygens (including phenoxy) is 1. The van der Waals surface area contributed by atoms with Crippen LogP contribution in [0.5, 0.6) is 5.75 Å². The second kappa shape index (κ2) is 4.98. The number of nitrogens with zero attached hydrogens (tertiary/aromatic N) is 1. The van der Waals surface area contributed by atoms with E-state index in [2.05, 4.69) is 5.32 Å². The highest BCUT2D eigenvalue weighted by Gasteiger charge is 2.40. The molecule has 3 rings (SSSR count). The molecule has 0 unspecified atom stereocenters. The van der Waals surface area contributed by atoms with E-state index >= 15 is 0 Å². The summed E-state index contributed by atoms with van der Waals surface area (Å²) in [4.78, 5) is 11.1. The highest BCUT2D eigenvalue weighted by molar-refractivity contribution is 5.62. The van der Waals surface area contributed by atoms with Gasteiger partial charge in [0.25, 0.3) is 5.69 Å². The molecule has 0 saturated carbocycles. The molecule has 1 aromatic rings. The Kier molecular flexibility index (Phi) is 3.40. The van der Waals surface area contributed by atoms with Crippen molar-refractivity contribution in [3.63, 3.8) is 0 Å². The zero-order valence-corrected chi connectivity index (χ0v) is 12.9. The van der Waals surface area contributed by atoms with Crippen molar-refractivity contribution in [3.8, 4) is 5.75 Å². The normalized spacial score (nSPS) is 20.0. The van der Waals surface area contributed by atoms with Gasteiger partial charge in [-0.2, -0.15) is 0 Å². The monoisotopic (exact) mass is 290 g/mol. The minimum absolute atomic E-state index is 0.0714. The minimum atomic E-state index is -0.257. The molecule has 0 aromatic heterocycles. The van der Waals surface area contributed by atoms with Crippen LogP contribution in [0.4, 0.5) is 5.69 Å². The summed E-state index contributed by atoms with van der Waals surface area (Å²) in [6.07, 6.45) is 3.87. The molecule has 1 aromatic carbocycles. The average molecular weight is 290 g/mol. The molecule has 5 nitrogen and oxygen atoms in total. The first-order valence-corrected chi connectivity index (χ1v) is 7.62. The standard InChI is InChI=1S/C16H22N2O3/c1-10-11(2)15-13(12(3)14(10)18(19)20)4-5-16(21-15)6-8-17-9-7-16/h17H,4-9H2,1-3H3. The van der Waals surface area contributed by atoms with Crippen molar-refractivity contribution in [3.05, 3.63) is 32.4 Å². The third-order valence-electron chi connectivity index (χ3n) is 5.19. The van der Waals surface area contributed by atoms with Crippen LogP contribution in [0.1, 0.15) is 41.5 Å². The van der Waals surface area contributed by atoms with Gasteiger partial charge in [-0.15, -0.1) is 0 Å². The summed E-state index contributed by atoms with van der Waals surface area (Å²) in [5.74, 6) is 0.906. The first-order valence-electron chi connectivity index (χ1n) is 7.62. The Balaban J connectivity index is 2.09. The van der Waals surface area contributed by atoms with E-state index in [1.54, 1.807) is 0 Å². The lowest BCUT2D eigenvalue weighted by atomic mass is 9.81. The number of nitrogens with one attached hydrogen (secondary N) is 1. The lowest BCUT2D eigenvalue weighted by Crippen LogP contribution is -2.48. The van der Waals surface area contributed by atoms with Crippen LogP contribution in [-0.2, 0) is 6.42 Å². The first kappa shape index (κ1) is 14.3. The maximum atomic E-state index is 11.3. The maximum Gasteiger partial charge on any atom is 0.275 e. The SMILES string of the molecule is Cc1c(C)c([N+](=O)[O-])c(C)c2c1OC1(CCNCC1)CC2. The molecular weight excluding hydrogens is 268 g/mol. The lowest BCUT2D eigenvalue weighted by molar-refractivity contribution is -0.386. The van der Waals surface area contributed by atoms with Crippen molar-refractivity contribution in [1.29, 1.82) is 0 Å². The van der Waals surface area contributed by atoms with Crippen LogP contribution < -0.4 is 10.1 Å². The second-order valence-corrected chi connectivity index (χ2v) is 6.32. The molecule has 2 aliphatic rings. The molecule has 114 valence electrons. The Morgan fingerprint density at radius 1 is 1.10 bits per heavy atom. The van der Waals surface area contributed by atoms with Crippen molar-refractivity contribution >= 4 is 5.69 Å². The van der Waals surface area contributed by atoms with E-state index in [4.69, 9.17) is 4.74 Å². The fourth-order valence-corrected chi connectivity index (χ4v) is 3.74. The largest absolute Gasteiger partial charge is 0.487 e. The third kappa shape index (κ3) is 2.20. The van der Waals surface area contributed by atoms with E-state index in [1.807, 2.05) is 20.8 Å². The number of benzene rings is 1. The van der Waals surface area contributed by atoms with Gasteiger partial charge in [0.05, 0.1) is 4.92 Å². The summed E-state index contributed by atoms with van der Waals surface area (Å²) in [6, 6.07) is 0. The molecule has 1 saturated heterocycles. The molecule has 1 fully saturated rings. The van der Waals surface area contributed by atoms with Gasteiger partial charge in [-0.05, 0) is 59.5 Å². The summed E-state index contributed by atoms with van der Waals surface area (Å²) in [5, 5.41) is 14.7. The van der Waals surface area contributed by atoms with Crippen LogP contribution >= 0.6 is 0 Å². The molecule has 0 bridgehead atoms. The van der Waals surface area contributed by atoms with Gasteiger partial charge in [0.15, 0.2) is 0 Å². The molecule has 0 radical (unpaired) electrons. The molecule has 5 heteroatoms. The van der Waals surface area contributed by atoms with Gasteiger partial charge >= 0.3 is 0 Å². The van der Waals surface area contributed by atoms with Gasteiger partial charge in [-0.1, -0.05) is 0 Å². The zero-order chi connectivity index (χ0) is 15.2. The van der Waals surface area contributed by atoms with Crippen LogP contribution in [0.2, 0.25) is 0 Å². The summed E-state index contributed by atoms with van der Waals surface area (Å²) in [7, 11) is 0. The van der Waals surface area contributed by atoms with E-state index in [1.165, 1.54) is 0 Å². The molecule has 1 spiro atoms. The smallest absolute Gasteiger partial charge is 0.275 e. The molecule has 0 atom stereocenters. The van der Waals surface area contributed by atoms with Gasteiger partial charge < -0.3 is 10.1 Å². The molecule has 2 heterocycles. The molecule has 2 aliphatic heterocycles. The number of fused-ring (bicyclic) bond motifs is 1. The Labute approximate surface area is 124 Å².